The third kappa shape index (κ3) is 3.66. The van der Waals surface area contributed by atoms with Gasteiger partial charge >= 0.3 is 0 Å². The molecular formula is C19H14N6. The first kappa shape index (κ1) is 16.3. The molecule has 0 amide bonds. The number of pyridine rings is 3. The topological polar surface area (TPSA) is 98.3 Å². The summed E-state index contributed by atoms with van der Waals surface area (Å²) < 4.78 is 0. The minimum Gasteiger partial charge on any atom is -0.298 e. The molecule has 25 heavy (non-hydrogen) atoms. The Bertz CT molecular complexity index is 882. The van der Waals surface area contributed by atoms with E-state index in [1.807, 2.05) is 18.2 Å². The van der Waals surface area contributed by atoms with Gasteiger partial charge in [0.05, 0.1) is 34.3 Å². The zero-order valence-electron chi connectivity index (χ0n) is 13.3. The molecule has 3 rings (SSSR count). The van der Waals surface area contributed by atoms with Crippen LogP contribution in [0.15, 0.2) is 61.1 Å². The standard InChI is InChI=1S/C19H14N6/c20-11-14-5-3-9-23-17(14)19(18-15(12-21)6-4-10-24-18)25-13-16-7-1-2-8-22-16/h1-10,19,25H,13H2. The maximum atomic E-state index is 9.41. The van der Waals surface area contributed by atoms with E-state index in [0.717, 1.165) is 5.69 Å². The number of nitrogens with zero attached hydrogens (tertiary/aromatic N) is 5. The molecule has 6 nitrogen and oxygen atoms in total. The molecule has 1 N–H and O–H groups in total. The van der Waals surface area contributed by atoms with Crippen LogP contribution in [0.2, 0.25) is 0 Å². The lowest BCUT2D eigenvalue weighted by molar-refractivity contribution is 0.570. The first-order valence-electron chi connectivity index (χ1n) is 7.67. The quantitative estimate of drug-likeness (QED) is 0.773. The third-order valence-electron chi connectivity index (χ3n) is 3.68. The number of hydrogen-bond donors (Lipinski definition) is 1. The van der Waals surface area contributed by atoms with E-state index in [4.69, 9.17) is 0 Å². The van der Waals surface area contributed by atoms with Crippen LogP contribution in [0.1, 0.15) is 34.3 Å². The van der Waals surface area contributed by atoms with Crippen molar-refractivity contribution in [2.24, 2.45) is 0 Å². The van der Waals surface area contributed by atoms with E-state index in [0.29, 0.717) is 29.1 Å². The summed E-state index contributed by atoms with van der Waals surface area (Å²) in [5.74, 6) is 0. The molecule has 0 fully saturated rings. The van der Waals surface area contributed by atoms with Gasteiger partial charge in [0.2, 0.25) is 0 Å². The monoisotopic (exact) mass is 326 g/mol. The van der Waals surface area contributed by atoms with Crippen molar-refractivity contribution >= 4 is 0 Å². The highest BCUT2D eigenvalue weighted by Gasteiger charge is 2.23. The lowest BCUT2D eigenvalue weighted by Gasteiger charge is -2.19. The number of hydrogen-bond acceptors (Lipinski definition) is 6. The van der Waals surface area contributed by atoms with Gasteiger partial charge in [-0.3, -0.25) is 20.3 Å². The molecule has 0 bridgehead atoms. The van der Waals surface area contributed by atoms with E-state index in [-0.39, 0.29) is 0 Å². The Labute approximate surface area is 145 Å². The lowest BCUT2D eigenvalue weighted by atomic mass is 10.0. The zero-order valence-corrected chi connectivity index (χ0v) is 13.3. The number of nitriles is 2. The van der Waals surface area contributed by atoms with Gasteiger partial charge in [0.15, 0.2) is 0 Å². The molecule has 0 atom stereocenters. The molecule has 0 aliphatic carbocycles. The third-order valence-corrected chi connectivity index (χ3v) is 3.68. The predicted octanol–water partition coefficient (Wildman–Crippen LogP) is 2.49. The van der Waals surface area contributed by atoms with Crippen molar-refractivity contribution in [3.05, 3.63) is 89.3 Å². The summed E-state index contributed by atoms with van der Waals surface area (Å²) in [4.78, 5) is 13.0. The predicted molar refractivity (Wildman–Crippen MR) is 90.8 cm³/mol. The smallest absolute Gasteiger partial charge is 0.101 e. The van der Waals surface area contributed by atoms with Crippen molar-refractivity contribution < 1.29 is 0 Å². The molecule has 0 radical (unpaired) electrons. The van der Waals surface area contributed by atoms with Gasteiger partial charge < -0.3 is 0 Å². The van der Waals surface area contributed by atoms with Crippen molar-refractivity contribution in [2.75, 3.05) is 0 Å². The molecule has 0 saturated heterocycles. The summed E-state index contributed by atoms with van der Waals surface area (Å²) in [5, 5.41) is 22.1. The minimum atomic E-state index is -0.492. The van der Waals surface area contributed by atoms with E-state index in [9.17, 15) is 10.5 Å². The second-order valence-electron chi connectivity index (χ2n) is 5.23. The maximum absolute atomic E-state index is 9.41. The van der Waals surface area contributed by atoms with Crippen LogP contribution in [0.3, 0.4) is 0 Å². The van der Waals surface area contributed by atoms with E-state index in [1.54, 1.807) is 42.9 Å². The highest BCUT2D eigenvalue weighted by atomic mass is 15.0. The van der Waals surface area contributed by atoms with Crippen molar-refractivity contribution in [1.29, 1.82) is 10.5 Å². The first-order chi connectivity index (χ1) is 12.3. The van der Waals surface area contributed by atoms with Crippen molar-refractivity contribution in [3.8, 4) is 12.1 Å². The molecule has 0 unspecified atom stereocenters. The minimum absolute atomic E-state index is 0.440. The molecule has 3 aromatic rings. The molecule has 3 aromatic heterocycles. The van der Waals surface area contributed by atoms with Crippen LogP contribution in [0.4, 0.5) is 0 Å². The Kier molecular flexibility index (Phi) is 5.06. The highest BCUT2D eigenvalue weighted by Crippen LogP contribution is 2.24. The van der Waals surface area contributed by atoms with Gasteiger partial charge in [-0.2, -0.15) is 10.5 Å². The normalized spacial score (nSPS) is 10.2. The van der Waals surface area contributed by atoms with Crippen molar-refractivity contribution in [1.82, 2.24) is 20.3 Å². The van der Waals surface area contributed by atoms with Crippen LogP contribution in [-0.2, 0) is 6.54 Å². The molecule has 120 valence electrons. The van der Waals surface area contributed by atoms with Gasteiger partial charge in [-0.15, -0.1) is 0 Å². The molecule has 0 saturated carbocycles. The molecular weight excluding hydrogens is 312 g/mol. The molecule has 0 spiro atoms. The zero-order chi connectivity index (χ0) is 17.5. The molecule has 6 heteroatoms. The fourth-order valence-electron chi connectivity index (χ4n) is 2.52. The Balaban J connectivity index is 2.02. The molecule has 3 heterocycles. The van der Waals surface area contributed by atoms with Crippen LogP contribution < -0.4 is 5.32 Å². The summed E-state index contributed by atoms with van der Waals surface area (Å²) in [6.07, 6.45) is 4.97. The molecule has 0 aliphatic rings. The average molecular weight is 326 g/mol. The Hall–Kier alpha value is -3.61. The second kappa shape index (κ2) is 7.78. The summed E-state index contributed by atoms with van der Waals surface area (Å²) in [5.41, 5.74) is 2.80. The number of nitrogens with one attached hydrogen (secondary N) is 1. The van der Waals surface area contributed by atoms with Gasteiger partial charge in [0, 0.05) is 25.1 Å². The number of aromatic nitrogens is 3. The van der Waals surface area contributed by atoms with E-state index in [1.165, 1.54) is 0 Å². The van der Waals surface area contributed by atoms with Crippen LogP contribution >= 0.6 is 0 Å². The van der Waals surface area contributed by atoms with Crippen LogP contribution in [-0.4, -0.2) is 15.0 Å². The second-order valence-corrected chi connectivity index (χ2v) is 5.23. The average Bonchev–Trinajstić information content (AvgIpc) is 2.69. The van der Waals surface area contributed by atoms with E-state index >= 15 is 0 Å². The van der Waals surface area contributed by atoms with Gasteiger partial charge in [-0.25, -0.2) is 0 Å². The Morgan fingerprint density at radius 3 is 1.92 bits per heavy atom. The SMILES string of the molecule is N#Cc1cccnc1C(NCc1ccccn1)c1ncccc1C#N. The van der Waals surface area contributed by atoms with Crippen molar-refractivity contribution in [3.63, 3.8) is 0 Å². The van der Waals surface area contributed by atoms with Gasteiger partial charge in [-0.1, -0.05) is 6.07 Å². The van der Waals surface area contributed by atoms with E-state index < -0.39 is 6.04 Å². The largest absolute Gasteiger partial charge is 0.298 e. The number of rotatable bonds is 5. The van der Waals surface area contributed by atoms with Crippen LogP contribution in [0.25, 0.3) is 0 Å². The van der Waals surface area contributed by atoms with Crippen molar-refractivity contribution in [2.45, 2.75) is 12.6 Å². The van der Waals surface area contributed by atoms with Gasteiger partial charge in [-0.05, 0) is 36.4 Å². The Morgan fingerprint density at radius 2 is 1.40 bits per heavy atom. The van der Waals surface area contributed by atoms with Gasteiger partial charge in [0.25, 0.3) is 0 Å². The first-order valence-corrected chi connectivity index (χ1v) is 7.67. The maximum Gasteiger partial charge on any atom is 0.101 e. The van der Waals surface area contributed by atoms with Crippen LogP contribution in [0.5, 0.6) is 0 Å². The Morgan fingerprint density at radius 1 is 0.800 bits per heavy atom. The van der Waals surface area contributed by atoms with Crippen LogP contribution in [0, 0.1) is 22.7 Å². The summed E-state index contributed by atoms with van der Waals surface area (Å²) in [6, 6.07) is 16.3. The summed E-state index contributed by atoms with van der Waals surface area (Å²) in [7, 11) is 0. The molecule has 0 aromatic carbocycles. The highest BCUT2D eigenvalue weighted by molar-refractivity contribution is 5.43. The summed E-state index contributed by atoms with van der Waals surface area (Å²) >= 11 is 0. The van der Waals surface area contributed by atoms with E-state index in [2.05, 4.69) is 32.4 Å². The summed E-state index contributed by atoms with van der Waals surface area (Å²) in [6.45, 7) is 0.453. The fraction of sp³-hybridized carbons (Fsp3) is 0.105. The molecule has 0 aliphatic heterocycles. The fourth-order valence-corrected chi connectivity index (χ4v) is 2.52. The van der Waals surface area contributed by atoms with Gasteiger partial charge in [0.1, 0.15) is 12.1 Å². The lowest BCUT2D eigenvalue weighted by Crippen LogP contribution is -2.26.